The lowest BCUT2D eigenvalue weighted by molar-refractivity contribution is 0.328. The third-order valence-corrected chi connectivity index (χ3v) is 2.20. The van der Waals surface area contributed by atoms with E-state index in [0.717, 1.165) is 31.8 Å². The average Bonchev–Trinajstić information content (AvgIpc) is 2.03. The zero-order valence-electron chi connectivity index (χ0n) is 6.81. The van der Waals surface area contributed by atoms with E-state index in [-0.39, 0.29) is 19.1 Å². The van der Waals surface area contributed by atoms with E-state index in [1.165, 1.54) is 12.8 Å². The highest BCUT2D eigenvalue weighted by Gasteiger charge is 2.11. The molecule has 1 aliphatic heterocycles. The maximum Gasteiger partial charge on any atom is 0.0894 e. The summed E-state index contributed by atoms with van der Waals surface area (Å²) in [5.41, 5.74) is 0. The maximum atomic E-state index is 11.7. The first-order chi connectivity index (χ1) is 4.93. The number of halogens is 2. The molecule has 1 saturated heterocycles. The smallest absolute Gasteiger partial charge is 0.0894 e. The Morgan fingerprint density at radius 3 is 2.45 bits per heavy atom. The molecule has 1 N–H and O–H groups in total. The van der Waals surface area contributed by atoms with Gasteiger partial charge in [-0.3, -0.25) is 4.39 Å². The second-order valence-electron chi connectivity index (χ2n) is 3.02. The molecule has 0 atom stereocenters. The highest BCUT2D eigenvalue weighted by Crippen LogP contribution is 2.17. The summed E-state index contributed by atoms with van der Waals surface area (Å²) in [5.74, 6) is 0.803. The maximum absolute atomic E-state index is 11.7. The van der Waals surface area contributed by atoms with Crippen molar-refractivity contribution < 1.29 is 4.39 Å². The minimum Gasteiger partial charge on any atom is -0.317 e. The molecule has 1 rings (SSSR count). The fourth-order valence-corrected chi connectivity index (χ4v) is 1.54. The van der Waals surface area contributed by atoms with Crippen LogP contribution in [0.1, 0.15) is 25.7 Å². The summed E-state index contributed by atoms with van der Waals surface area (Å²) in [7, 11) is 0. The van der Waals surface area contributed by atoms with Crippen LogP contribution in [0.5, 0.6) is 0 Å². The third kappa shape index (κ3) is 4.59. The molecular formula is C8H17ClFN. The van der Waals surface area contributed by atoms with Gasteiger partial charge in [0.2, 0.25) is 0 Å². The zero-order chi connectivity index (χ0) is 7.23. The molecule has 1 aliphatic rings. The van der Waals surface area contributed by atoms with Crippen LogP contribution in [0.2, 0.25) is 0 Å². The fourth-order valence-electron chi connectivity index (χ4n) is 1.54. The Labute approximate surface area is 74.2 Å². The minimum atomic E-state index is -0.135. The summed E-state index contributed by atoms with van der Waals surface area (Å²) in [6.07, 6.45) is 4.36. The Morgan fingerprint density at radius 2 is 1.91 bits per heavy atom. The largest absolute Gasteiger partial charge is 0.317 e. The van der Waals surface area contributed by atoms with E-state index in [1.807, 2.05) is 0 Å². The van der Waals surface area contributed by atoms with Gasteiger partial charge < -0.3 is 5.32 Å². The summed E-state index contributed by atoms with van der Waals surface area (Å²) >= 11 is 0. The van der Waals surface area contributed by atoms with Crippen molar-refractivity contribution in [3.8, 4) is 0 Å². The second kappa shape index (κ2) is 6.86. The predicted octanol–water partition coefficient (Wildman–Crippen LogP) is 2.16. The first-order valence-electron chi connectivity index (χ1n) is 4.20. The van der Waals surface area contributed by atoms with Crippen LogP contribution >= 0.6 is 12.4 Å². The molecule has 0 aromatic rings. The number of hydrogen-bond donors (Lipinski definition) is 1. The molecule has 0 aromatic carbocycles. The van der Waals surface area contributed by atoms with Gasteiger partial charge in [-0.05, 0) is 44.7 Å². The van der Waals surface area contributed by atoms with Gasteiger partial charge in [0.15, 0.2) is 0 Å². The average molecular weight is 182 g/mol. The Bertz CT molecular complexity index is 84.2. The van der Waals surface area contributed by atoms with Crippen LogP contribution in [0.15, 0.2) is 0 Å². The van der Waals surface area contributed by atoms with Gasteiger partial charge in [0, 0.05) is 0 Å². The molecule has 0 aromatic heterocycles. The molecule has 0 radical (unpaired) electrons. The zero-order valence-corrected chi connectivity index (χ0v) is 7.63. The molecule has 3 heteroatoms. The standard InChI is InChI=1S/C8H16FN.ClH/c9-5-1-2-8-3-6-10-7-4-8;/h8,10H,1-7H2;1H. The third-order valence-electron chi connectivity index (χ3n) is 2.20. The normalized spacial score (nSPS) is 19.4. The van der Waals surface area contributed by atoms with E-state index in [2.05, 4.69) is 5.32 Å². The van der Waals surface area contributed by atoms with Gasteiger partial charge in [-0.2, -0.15) is 0 Å². The van der Waals surface area contributed by atoms with Gasteiger partial charge >= 0.3 is 0 Å². The Morgan fingerprint density at radius 1 is 1.27 bits per heavy atom. The number of hydrogen-bond acceptors (Lipinski definition) is 1. The minimum absolute atomic E-state index is 0. The van der Waals surface area contributed by atoms with Crippen LogP contribution in [0.4, 0.5) is 4.39 Å². The molecule has 1 heterocycles. The Kier molecular flexibility index (Phi) is 6.98. The molecule has 0 bridgehead atoms. The second-order valence-corrected chi connectivity index (χ2v) is 3.02. The summed E-state index contributed by atoms with van der Waals surface area (Å²) in [6, 6.07) is 0. The van der Waals surface area contributed by atoms with Gasteiger partial charge in [0.05, 0.1) is 6.67 Å². The molecule has 1 nitrogen and oxygen atoms in total. The van der Waals surface area contributed by atoms with Gasteiger partial charge in [0.25, 0.3) is 0 Å². The predicted molar refractivity (Wildman–Crippen MR) is 48.1 cm³/mol. The summed E-state index contributed by atoms with van der Waals surface area (Å²) in [4.78, 5) is 0. The van der Waals surface area contributed by atoms with Crippen LogP contribution in [0.25, 0.3) is 0 Å². The highest BCUT2D eigenvalue weighted by atomic mass is 35.5. The van der Waals surface area contributed by atoms with E-state index < -0.39 is 0 Å². The summed E-state index contributed by atoms with van der Waals surface area (Å²) < 4.78 is 11.7. The van der Waals surface area contributed by atoms with Crippen LogP contribution in [-0.4, -0.2) is 19.8 Å². The first kappa shape index (κ1) is 11.2. The number of nitrogens with one attached hydrogen (secondary N) is 1. The molecule has 68 valence electrons. The lowest BCUT2D eigenvalue weighted by Crippen LogP contribution is -2.27. The van der Waals surface area contributed by atoms with Crippen molar-refractivity contribution in [1.82, 2.24) is 5.32 Å². The van der Waals surface area contributed by atoms with Crippen molar-refractivity contribution in [3.05, 3.63) is 0 Å². The SMILES string of the molecule is Cl.FCCCC1CCNCC1. The van der Waals surface area contributed by atoms with E-state index in [1.54, 1.807) is 0 Å². The van der Waals surface area contributed by atoms with Crippen molar-refractivity contribution in [2.24, 2.45) is 5.92 Å². The molecule has 0 amide bonds. The van der Waals surface area contributed by atoms with E-state index in [9.17, 15) is 4.39 Å². The quantitative estimate of drug-likeness (QED) is 0.704. The van der Waals surface area contributed by atoms with Gasteiger partial charge in [-0.25, -0.2) is 0 Å². The van der Waals surface area contributed by atoms with E-state index in [0.29, 0.717) is 0 Å². The molecular weight excluding hydrogens is 165 g/mol. The number of rotatable bonds is 3. The van der Waals surface area contributed by atoms with Crippen molar-refractivity contribution in [2.75, 3.05) is 19.8 Å². The van der Waals surface area contributed by atoms with Crippen LogP contribution in [0, 0.1) is 5.92 Å². The van der Waals surface area contributed by atoms with Crippen molar-refractivity contribution in [3.63, 3.8) is 0 Å². The van der Waals surface area contributed by atoms with Gasteiger partial charge in [-0.15, -0.1) is 12.4 Å². The molecule has 0 unspecified atom stereocenters. The van der Waals surface area contributed by atoms with Crippen LogP contribution < -0.4 is 5.32 Å². The lowest BCUT2D eigenvalue weighted by Gasteiger charge is -2.21. The molecule has 0 aliphatic carbocycles. The van der Waals surface area contributed by atoms with E-state index >= 15 is 0 Å². The van der Waals surface area contributed by atoms with E-state index in [4.69, 9.17) is 0 Å². The topological polar surface area (TPSA) is 12.0 Å². The molecule has 0 saturated carbocycles. The number of piperidine rings is 1. The number of alkyl halides is 1. The fraction of sp³-hybridized carbons (Fsp3) is 1.00. The van der Waals surface area contributed by atoms with Crippen molar-refractivity contribution in [2.45, 2.75) is 25.7 Å². The first-order valence-corrected chi connectivity index (χ1v) is 4.20. The molecule has 0 spiro atoms. The molecule has 11 heavy (non-hydrogen) atoms. The monoisotopic (exact) mass is 181 g/mol. The van der Waals surface area contributed by atoms with Crippen LogP contribution in [-0.2, 0) is 0 Å². The Balaban J connectivity index is 0.000001000. The van der Waals surface area contributed by atoms with Gasteiger partial charge in [0.1, 0.15) is 0 Å². The van der Waals surface area contributed by atoms with Crippen molar-refractivity contribution >= 4 is 12.4 Å². The summed E-state index contributed by atoms with van der Waals surface area (Å²) in [6.45, 7) is 2.14. The highest BCUT2D eigenvalue weighted by molar-refractivity contribution is 5.85. The van der Waals surface area contributed by atoms with Gasteiger partial charge in [-0.1, -0.05) is 0 Å². The Hall–Kier alpha value is 0.180. The molecule has 1 fully saturated rings. The summed E-state index contributed by atoms with van der Waals surface area (Å²) in [5, 5.41) is 3.30. The van der Waals surface area contributed by atoms with Crippen LogP contribution in [0.3, 0.4) is 0 Å². The lowest BCUT2D eigenvalue weighted by atomic mass is 9.93. The van der Waals surface area contributed by atoms with Crippen molar-refractivity contribution in [1.29, 1.82) is 0 Å².